The molecule has 0 aliphatic rings. The van der Waals surface area contributed by atoms with Crippen molar-refractivity contribution in [3.63, 3.8) is 0 Å². The van der Waals surface area contributed by atoms with Crippen molar-refractivity contribution in [2.45, 2.75) is 27.7 Å². The van der Waals surface area contributed by atoms with Gasteiger partial charge >= 0.3 is 0 Å². The van der Waals surface area contributed by atoms with Crippen molar-refractivity contribution in [1.29, 1.82) is 0 Å². The highest BCUT2D eigenvalue weighted by molar-refractivity contribution is 7.22. The van der Waals surface area contributed by atoms with E-state index in [1.165, 1.54) is 15.8 Å². The fraction of sp³-hybridized carbons (Fsp3) is 0.500. The van der Waals surface area contributed by atoms with Gasteiger partial charge in [-0.3, -0.25) is 0 Å². The van der Waals surface area contributed by atoms with E-state index >= 15 is 0 Å². The van der Waals surface area contributed by atoms with E-state index in [0.717, 1.165) is 23.0 Å². The van der Waals surface area contributed by atoms with Crippen molar-refractivity contribution < 1.29 is 4.74 Å². The summed E-state index contributed by atoms with van der Waals surface area (Å²) in [6, 6.07) is 2.10. The molecule has 0 saturated heterocycles. The Morgan fingerprint density at radius 2 is 2.11 bits per heavy atom. The lowest BCUT2D eigenvalue weighted by Gasteiger charge is -2.12. The van der Waals surface area contributed by atoms with E-state index in [1.807, 2.05) is 7.05 Å². The third kappa shape index (κ3) is 2.43. The van der Waals surface area contributed by atoms with E-state index in [4.69, 9.17) is 4.74 Å². The van der Waals surface area contributed by atoms with Crippen LogP contribution in [0.4, 0.5) is 5.13 Å². The molecule has 3 nitrogen and oxygen atoms in total. The maximum atomic E-state index is 5.89. The molecule has 0 bridgehead atoms. The summed E-state index contributed by atoms with van der Waals surface area (Å²) in [5.74, 6) is 1.52. The van der Waals surface area contributed by atoms with Crippen LogP contribution in [-0.4, -0.2) is 18.6 Å². The highest BCUT2D eigenvalue weighted by Crippen LogP contribution is 2.36. The van der Waals surface area contributed by atoms with Crippen molar-refractivity contribution in [2.24, 2.45) is 5.92 Å². The molecular weight excluding hydrogens is 244 g/mol. The highest BCUT2D eigenvalue weighted by Gasteiger charge is 2.13. The number of anilines is 1. The molecule has 1 N–H and O–H groups in total. The summed E-state index contributed by atoms with van der Waals surface area (Å²) in [4.78, 5) is 4.58. The zero-order chi connectivity index (χ0) is 13.3. The molecule has 0 amide bonds. The molecule has 0 radical (unpaired) electrons. The molecule has 0 aliphatic heterocycles. The summed E-state index contributed by atoms with van der Waals surface area (Å²) in [5, 5.41) is 4.06. The predicted octanol–water partition coefficient (Wildman–Crippen LogP) is 3.99. The standard InChI is InChI=1S/C14H20N2OS/c1-8(2)7-17-11-6-9(3)12-13(10(11)4)18-14(15-5)16-12/h6,8H,7H2,1-5H3,(H,15,16). The van der Waals surface area contributed by atoms with Gasteiger partial charge in [0.25, 0.3) is 0 Å². The van der Waals surface area contributed by atoms with Gasteiger partial charge in [0, 0.05) is 12.6 Å². The van der Waals surface area contributed by atoms with Crippen molar-refractivity contribution in [3.8, 4) is 5.75 Å². The number of aromatic nitrogens is 1. The van der Waals surface area contributed by atoms with Crippen LogP contribution in [-0.2, 0) is 0 Å². The van der Waals surface area contributed by atoms with Crippen LogP contribution in [0.15, 0.2) is 6.07 Å². The monoisotopic (exact) mass is 264 g/mol. The molecular formula is C14H20N2OS. The summed E-state index contributed by atoms with van der Waals surface area (Å²) in [5.41, 5.74) is 3.45. The van der Waals surface area contributed by atoms with Gasteiger partial charge < -0.3 is 10.1 Å². The Morgan fingerprint density at radius 1 is 1.39 bits per heavy atom. The SMILES string of the molecule is CNc1nc2c(C)cc(OCC(C)C)c(C)c2s1. The van der Waals surface area contributed by atoms with Gasteiger partial charge in [0.05, 0.1) is 16.8 Å². The number of hydrogen-bond donors (Lipinski definition) is 1. The first-order chi connectivity index (χ1) is 8.52. The Hall–Kier alpha value is -1.29. The average Bonchev–Trinajstić information content (AvgIpc) is 2.76. The number of hydrogen-bond acceptors (Lipinski definition) is 4. The minimum Gasteiger partial charge on any atom is -0.493 e. The van der Waals surface area contributed by atoms with E-state index in [9.17, 15) is 0 Å². The van der Waals surface area contributed by atoms with E-state index in [0.29, 0.717) is 5.92 Å². The van der Waals surface area contributed by atoms with Crippen LogP contribution < -0.4 is 10.1 Å². The average molecular weight is 264 g/mol. The minimum atomic E-state index is 0.537. The van der Waals surface area contributed by atoms with Crippen LogP contribution in [0.3, 0.4) is 0 Å². The molecule has 1 heterocycles. The van der Waals surface area contributed by atoms with Crippen LogP contribution in [0.1, 0.15) is 25.0 Å². The van der Waals surface area contributed by atoms with E-state index < -0.39 is 0 Å². The van der Waals surface area contributed by atoms with Crippen molar-refractivity contribution in [1.82, 2.24) is 4.98 Å². The molecule has 0 fully saturated rings. The number of rotatable bonds is 4. The normalized spacial score (nSPS) is 11.2. The first kappa shape index (κ1) is 13.1. The smallest absolute Gasteiger partial charge is 0.183 e. The third-order valence-electron chi connectivity index (χ3n) is 2.84. The Morgan fingerprint density at radius 3 is 2.72 bits per heavy atom. The largest absolute Gasteiger partial charge is 0.493 e. The molecule has 0 atom stereocenters. The molecule has 4 heteroatoms. The second-order valence-corrected chi connectivity index (χ2v) is 5.97. The third-order valence-corrected chi connectivity index (χ3v) is 4.04. The maximum absolute atomic E-state index is 5.89. The number of aryl methyl sites for hydroxylation is 2. The summed E-state index contributed by atoms with van der Waals surface area (Å²) < 4.78 is 7.11. The van der Waals surface area contributed by atoms with Gasteiger partial charge in [-0.1, -0.05) is 25.2 Å². The predicted molar refractivity (Wildman–Crippen MR) is 79.0 cm³/mol. The van der Waals surface area contributed by atoms with Gasteiger partial charge in [-0.25, -0.2) is 4.98 Å². The Kier molecular flexibility index (Phi) is 3.76. The van der Waals surface area contributed by atoms with Crippen LogP contribution in [0, 0.1) is 19.8 Å². The number of nitrogens with zero attached hydrogens (tertiary/aromatic N) is 1. The number of fused-ring (bicyclic) bond motifs is 1. The molecule has 1 aromatic heterocycles. The highest BCUT2D eigenvalue weighted by atomic mass is 32.1. The van der Waals surface area contributed by atoms with Gasteiger partial charge in [-0.2, -0.15) is 0 Å². The molecule has 0 aliphatic carbocycles. The van der Waals surface area contributed by atoms with Gasteiger partial charge in [0.15, 0.2) is 5.13 Å². The van der Waals surface area contributed by atoms with Gasteiger partial charge in [0.1, 0.15) is 5.75 Å². The van der Waals surface area contributed by atoms with E-state index in [1.54, 1.807) is 11.3 Å². The zero-order valence-electron chi connectivity index (χ0n) is 11.6. The fourth-order valence-electron chi connectivity index (χ4n) is 1.84. The second kappa shape index (κ2) is 5.14. The number of benzene rings is 1. The lowest BCUT2D eigenvalue weighted by molar-refractivity contribution is 0.270. The van der Waals surface area contributed by atoms with E-state index in [2.05, 4.69) is 44.1 Å². The van der Waals surface area contributed by atoms with Crippen molar-refractivity contribution in [2.75, 3.05) is 19.0 Å². The molecule has 1 aromatic carbocycles. The first-order valence-corrected chi connectivity index (χ1v) is 7.06. The molecule has 0 saturated carbocycles. The Labute approximate surface area is 112 Å². The fourth-order valence-corrected chi connectivity index (χ4v) is 2.83. The minimum absolute atomic E-state index is 0.537. The summed E-state index contributed by atoms with van der Waals surface area (Å²) >= 11 is 1.68. The van der Waals surface area contributed by atoms with Crippen LogP contribution in [0.5, 0.6) is 5.75 Å². The molecule has 98 valence electrons. The van der Waals surface area contributed by atoms with Gasteiger partial charge in [-0.05, 0) is 31.4 Å². The number of nitrogens with one attached hydrogen (secondary N) is 1. The molecule has 2 rings (SSSR count). The second-order valence-electron chi connectivity index (χ2n) is 4.97. The van der Waals surface area contributed by atoms with Crippen LogP contribution >= 0.6 is 11.3 Å². The van der Waals surface area contributed by atoms with Crippen molar-refractivity contribution in [3.05, 3.63) is 17.2 Å². The number of ether oxygens (including phenoxy) is 1. The topological polar surface area (TPSA) is 34.2 Å². The summed E-state index contributed by atoms with van der Waals surface area (Å²) in [6.07, 6.45) is 0. The molecule has 0 unspecified atom stereocenters. The van der Waals surface area contributed by atoms with E-state index in [-0.39, 0.29) is 0 Å². The summed E-state index contributed by atoms with van der Waals surface area (Å²) in [6.45, 7) is 9.26. The van der Waals surface area contributed by atoms with Gasteiger partial charge in [0.2, 0.25) is 0 Å². The quantitative estimate of drug-likeness (QED) is 0.906. The molecule has 18 heavy (non-hydrogen) atoms. The molecule has 0 spiro atoms. The Bertz CT molecular complexity index is 560. The summed E-state index contributed by atoms with van der Waals surface area (Å²) in [7, 11) is 1.90. The maximum Gasteiger partial charge on any atom is 0.183 e. The molecule has 2 aromatic rings. The van der Waals surface area contributed by atoms with Gasteiger partial charge in [-0.15, -0.1) is 0 Å². The van der Waals surface area contributed by atoms with Crippen molar-refractivity contribution >= 4 is 26.7 Å². The lowest BCUT2D eigenvalue weighted by Crippen LogP contribution is -2.05. The lowest BCUT2D eigenvalue weighted by atomic mass is 10.1. The first-order valence-electron chi connectivity index (χ1n) is 6.24. The van der Waals surface area contributed by atoms with Crippen LogP contribution in [0.2, 0.25) is 0 Å². The Balaban J connectivity index is 2.46. The zero-order valence-corrected chi connectivity index (χ0v) is 12.4. The number of thiazole rings is 1. The van der Waals surface area contributed by atoms with Crippen LogP contribution in [0.25, 0.3) is 10.2 Å².